The fourth-order valence-corrected chi connectivity index (χ4v) is 4.03. The van der Waals surface area contributed by atoms with Crippen molar-refractivity contribution in [1.29, 1.82) is 0 Å². The highest BCUT2D eigenvalue weighted by molar-refractivity contribution is 7.99. The highest BCUT2D eigenvalue weighted by Gasteiger charge is 2.12. The number of anilines is 1. The van der Waals surface area contributed by atoms with E-state index < -0.39 is 0 Å². The molecule has 0 bridgehead atoms. The fraction of sp³-hybridized carbons (Fsp3) is 0.158. The van der Waals surface area contributed by atoms with Crippen LogP contribution in [0.25, 0.3) is 21.6 Å². The maximum Gasteiger partial charge on any atom is 0.236 e. The van der Waals surface area contributed by atoms with Crippen LogP contribution in [-0.4, -0.2) is 38.9 Å². The molecule has 142 valence electrons. The van der Waals surface area contributed by atoms with Gasteiger partial charge in [0.15, 0.2) is 11.0 Å². The van der Waals surface area contributed by atoms with Crippen LogP contribution in [0, 0.1) is 6.92 Å². The predicted octanol–water partition coefficient (Wildman–Crippen LogP) is 4.13. The number of nitrogens with zero attached hydrogens (tertiary/aromatic N) is 3. The smallest absolute Gasteiger partial charge is 0.236 e. The van der Waals surface area contributed by atoms with Crippen molar-refractivity contribution in [1.82, 2.24) is 20.2 Å². The first-order valence-electron chi connectivity index (χ1n) is 8.47. The maximum absolute atomic E-state index is 12.2. The number of aromatic nitrogens is 4. The van der Waals surface area contributed by atoms with Crippen LogP contribution in [-0.2, 0) is 4.79 Å². The molecule has 4 rings (SSSR count). The molecule has 0 atom stereocenters. The molecular formula is C19H17N5O2S2. The number of methoxy groups -OCH3 is 1. The highest BCUT2D eigenvalue weighted by atomic mass is 32.2. The van der Waals surface area contributed by atoms with E-state index >= 15 is 0 Å². The number of thioether (sulfide) groups is 1. The average molecular weight is 412 g/mol. The van der Waals surface area contributed by atoms with Crippen molar-refractivity contribution in [2.24, 2.45) is 0 Å². The summed E-state index contributed by atoms with van der Waals surface area (Å²) in [6.07, 6.45) is 0. The molecule has 0 aliphatic carbocycles. The van der Waals surface area contributed by atoms with Crippen molar-refractivity contribution in [3.8, 4) is 17.1 Å². The van der Waals surface area contributed by atoms with E-state index in [9.17, 15) is 4.79 Å². The van der Waals surface area contributed by atoms with Gasteiger partial charge in [0.2, 0.25) is 11.1 Å². The van der Waals surface area contributed by atoms with Crippen LogP contribution in [0.2, 0.25) is 0 Å². The zero-order valence-corrected chi connectivity index (χ0v) is 16.9. The molecule has 0 unspecified atom stereocenters. The van der Waals surface area contributed by atoms with Crippen LogP contribution in [0.1, 0.15) is 5.56 Å². The zero-order valence-electron chi connectivity index (χ0n) is 15.2. The molecule has 2 N–H and O–H groups in total. The van der Waals surface area contributed by atoms with Crippen molar-refractivity contribution < 1.29 is 9.53 Å². The molecule has 0 radical (unpaired) electrons. The van der Waals surface area contributed by atoms with Gasteiger partial charge < -0.3 is 10.1 Å². The standard InChI is InChI=1S/C19H17N5O2S2/c1-11-3-5-12(6-4-11)17-22-19(24-23-17)27-10-16(25)21-18-20-14-8-7-13(26-2)9-15(14)28-18/h3-9H,10H2,1-2H3,(H,20,21,25)(H,22,23,24). The predicted molar refractivity (Wildman–Crippen MR) is 112 cm³/mol. The molecule has 2 aromatic heterocycles. The summed E-state index contributed by atoms with van der Waals surface area (Å²) in [6.45, 7) is 2.03. The van der Waals surface area contributed by atoms with Gasteiger partial charge in [-0.1, -0.05) is 52.9 Å². The van der Waals surface area contributed by atoms with Gasteiger partial charge in [-0.3, -0.25) is 9.89 Å². The first-order chi connectivity index (χ1) is 13.6. The van der Waals surface area contributed by atoms with Crippen LogP contribution >= 0.6 is 23.1 Å². The van der Waals surface area contributed by atoms with E-state index in [2.05, 4.69) is 25.5 Å². The Kier molecular flexibility index (Phi) is 5.27. The number of aromatic amines is 1. The Morgan fingerprint density at radius 3 is 2.82 bits per heavy atom. The van der Waals surface area contributed by atoms with Gasteiger partial charge in [0, 0.05) is 5.56 Å². The number of thiazole rings is 1. The second-order valence-electron chi connectivity index (χ2n) is 6.02. The Labute approximate surface area is 169 Å². The Balaban J connectivity index is 1.36. The number of ether oxygens (including phenoxy) is 1. The van der Waals surface area contributed by atoms with E-state index in [1.165, 1.54) is 28.7 Å². The SMILES string of the molecule is COc1ccc2nc(NC(=O)CSc3n[nH]c(-c4ccc(C)cc4)n3)sc2c1. The van der Waals surface area contributed by atoms with Gasteiger partial charge in [0.1, 0.15) is 5.75 Å². The number of nitrogens with one attached hydrogen (secondary N) is 2. The lowest BCUT2D eigenvalue weighted by atomic mass is 10.1. The van der Waals surface area contributed by atoms with E-state index in [4.69, 9.17) is 4.74 Å². The quantitative estimate of drug-likeness (QED) is 0.464. The van der Waals surface area contributed by atoms with Crippen molar-refractivity contribution in [2.75, 3.05) is 18.2 Å². The van der Waals surface area contributed by atoms with E-state index in [0.717, 1.165) is 21.5 Å². The Hall–Kier alpha value is -2.91. The van der Waals surface area contributed by atoms with Crippen LogP contribution < -0.4 is 10.1 Å². The minimum atomic E-state index is -0.155. The lowest BCUT2D eigenvalue weighted by molar-refractivity contribution is -0.113. The van der Waals surface area contributed by atoms with E-state index in [-0.39, 0.29) is 11.7 Å². The molecule has 1 amide bonds. The van der Waals surface area contributed by atoms with Gasteiger partial charge in [-0.15, -0.1) is 5.10 Å². The molecule has 4 aromatic rings. The lowest BCUT2D eigenvalue weighted by Crippen LogP contribution is -2.13. The summed E-state index contributed by atoms with van der Waals surface area (Å²) in [5, 5.41) is 11.0. The summed E-state index contributed by atoms with van der Waals surface area (Å²) in [7, 11) is 1.62. The second-order valence-corrected chi connectivity index (χ2v) is 8.00. The molecule has 0 spiro atoms. The molecule has 28 heavy (non-hydrogen) atoms. The minimum absolute atomic E-state index is 0.155. The monoisotopic (exact) mass is 411 g/mol. The van der Waals surface area contributed by atoms with Crippen LogP contribution in [0.4, 0.5) is 5.13 Å². The molecule has 0 saturated heterocycles. The fourth-order valence-electron chi connectivity index (χ4n) is 2.52. The third-order valence-electron chi connectivity index (χ3n) is 3.96. The van der Waals surface area contributed by atoms with Crippen LogP contribution in [0.3, 0.4) is 0 Å². The van der Waals surface area contributed by atoms with Crippen LogP contribution in [0.15, 0.2) is 47.6 Å². The maximum atomic E-state index is 12.2. The number of rotatable bonds is 6. The van der Waals surface area contributed by atoms with Gasteiger partial charge in [0.25, 0.3) is 0 Å². The molecule has 0 aliphatic heterocycles. The number of fused-ring (bicyclic) bond motifs is 1. The molecule has 2 aromatic carbocycles. The summed E-state index contributed by atoms with van der Waals surface area (Å²) in [5.41, 5.74) is 2.97. The number of hydrogen-bond donors (Lipinski definition) is 2. The van der Waals surface area contributed by atoms with E-state index in [0.29, 0.717) is 16.1 Å². The molecule has 9 heteroatoms. The second kappa shape index (κ2) is 7.99. The third-order valence-corrected chi connectivity index (χ3v) is 5.75. The topological polar surface area (TPSA) is 92.8 Å². The van der Waals surface area contributed by atoms with Crippen molar-refractivity contribution in [3.05, 3.63) is 48.0 Å². The Morgan fingerprint density at radius 1 is 1.21 bits per heavy atom. The molecule has 7 nitrogen and oxygen atoms in total. The number of benzene rings is 2. The number of aryl methyl sites for hydroxylation is 1. The summed E-state index contributed by atoms with van der Waals surface area (Å²) < 4.78 is 6.17. The molecule has 0 fully saturated rings. The number of H-pyrrole nitrogens is 1. The van der Waals surface area contributed by atoms with Gasteiger partial charge >= 0.3 is 0 Å². The summed E-state index contributed by atoms with van der Waals surface area (Å²) in [5.74, 6) is 1.49. The molecule has 0 saturated carbocycles. The van der Waals surface area contributed by atoms with Gasteiger partial charge in [-0.25, -0.2) is 9.97 Å². The number of carbonyl (C=O) groups is 1. The largest absolute Gasteiger partial charge is 0.497 e. The number of amides is 1. The molecular weight excluding hydrogens is 394 g/mol. The van der Waals surface area contributed by atoms with Crippen molar-refractivity contribution in [2.45, 2.75) is 12.1 Å². The normalized spacial score (nSPS) is 10.9. The highest BCUT2D eigenvalue weighted by Crippen LogP contribution is 2.29. The van der Waals surface area contributed by atoms with Gasteiger partial charge in [-0.05, 0) is 25.1 Å². The summed E-state index contributed by atoms with van der Waals surface area (Å²) in [6, 6.07) is 13.6. The van der Waals surface area contributed by atoms with E-state index in [1.807, 2.05) is 49.4 Å². The van der Waals surface area contributed by atoms with Crippen LogP contribution in [0.5, 0.6) is 5.75 Å². The van der Waals surface area contributed by atoms with Crippen molar-refractivity contribution >= 4 is 44.4 Å². The summed E-state index contributed by atoms with van der Waals surface area (Å²) >= 11 is 2.68. The summed E-state index contributed by atoms with van der Waals surface area (Å²) in [4.78, 5) is 21.1. The first-order valence-corrected chi connectivity index (χ1v) is 10.3. The first kappa shape index (κ1) is 18.5. The lowest BCUT2D eigenvalue weighted by Gasteiger charge is -1.99. The third kappa shape index (κ3) is 4.15. The zero-order chi connectivity index (χ0) is 19.5. The van der Waals surface area contributed by atoms with Crippen molar-refractivity contribution in [3.63, 3.8) is 0 Å². The Morgan fingerprint density at radius 2 is 2.04 bits per heavy atom. The van der Waals surface area contributed by atoms with Gasteiger partial charge in [-0.2, -0.15) is 0 Å². The Bertz CT molecular complexity index is 1120. The average Bonchev–Trinajstić information content (AvgIpc) is 3.32. The van der Waals surface area contributed by atoms with E-state index in [1.54, 1.807) is 7.11 Å². The van der Waals surface area contributed by atoms with Gasteiger partial charge in [0.05, 0.1) is 23.1 Å². The minimum Gasteiger partial charge on any atom is -0.497 e. The number of carbonyl (C=O) groups excluding carboxylic acids is 1. The molecule has 0 aliphatic rings. The molecule has 2 heterocycles. The number of hydrogen-bond acceptors (Lipinski definition) is 7.